The van der Waals surface area contributed by atoms with Crippen LogP contribution in [0.4, 0.5) is 0 Å². The number of nitrogens with zero attached hydrogens (tertiary/aromatic N) is 3. The van der Waals surface area contributed by atoms with Crippen molar-refractivity contribution in [2.45, 2.75) is 25.7 Å². The number of aryl methyl sites for hydroxylation is 1. The molecule has 1 aliphatic heterocycles. The van der Waals surface area contributed by atoms with Crippen LogP contribution < -0.4 is 10.5 Å². The van der Waals surface area contributed by atoms with Crippen molar-refractivity contribution in [2.75, 3.05) is 0 Å². The van der Waals surface area contributed by atoms with Crippen molar-refractivity contribution in [3.63, 3.8) is 0 Å². The third-order valence-electron chi connectivity index (χ3n) is 4.90. The first-order chi connectivity index (χ1) is 14.1. The van der Waals surface area contributed by atoms with Gasteiger partial charge in [-0.15, -0.1) is 0 Å². The maximum Gasteiger partial charge on any atom is 0.229 e. The highest BCUT2D eigenvalue weighted by Crippen LogP contribution is 2.48. The third-order valence-corrected chi connectivity index (χ3v) is 5.56. The molecular formula is C22H18Cl2N4O. The van der Waals surface area contributed by atoms with Gasteiger partial charge in [-0.05, 0) is 30.7 Å². The Labute approximate surface area is 178 Å². The predicted octanol–water partition coefficient (Wildman–Crippen LogP) is 5.35. The van der Waals surface area contributed by atoms with Crippen LogP contribution in [0, 0.1) is 11.3 Å². The fourth-order valence-corrected chi connectivity index (χ4v) is 4.27. The lowest BCUT2D eigenvalue weighted by molar-refractivity contribution is 0.367. The van der Waals surface area contributed by atoms with Gasteiger partial charge < -0.3 is 10.5 Å². The van der Waals surface area contributed by atoms with Crippen LogP contribution in [0.15, 0.2) is 60.0 Å². The van der Waals surface area contributed by atoms with E-state index in [-0.39, 0.29) is 11.5 Å². The first kappa shape index (κ1) is 19.4. The van der Waals surface area contributed by atoms with Crippen molar-refractivity contribution in [1.82, 2.24) is 9.78 Å². The fraction of sp³-hybridized carbons (Fsp3) is 0.182. The molecule has 2 N–H and O–H groups in total. The topological polar surface area (TPSA) is 76.9 Å². The highest BCUT2D eigenvalue weighted by Gasteiger charge is 2.38. The Morgan fingerprint density at radius 1 is 1.10 bits per heavy atom. The average molecular weight is 425 g/mol. The summed E-state index contributed by atoms with van der Waals surface area (Å²) < 4.78 is 7.65. The van der Waals surface area contributed by atoms with E-state index in [1.807, 2.05) is 30.3 Å². The molecule has 0 spiro atoms. The van der Waals surface area contributed by atoms with E-state index in [0.717, 1.165) is 23.4 Å². The van der Waals surface area contributed by atoms with Crippen molar-refractivity contribution < 1.29 is 4.74 Å². The summed E-state index contributed by atoms with van der Waals surface area (Å²) in [5, 5.41) is 15.6. The first-order valence-corrected chi connectivity index (χ1v) is 10.0. The Hall–Kier alpha value is -2.94. The minimum absolute atomic E-state index is 0.0288. The molecule has 0 saturated carbocycles. The van der Waals surface area contributed by atoms with Crippen molar-refractivity contribution in [3.8, 4) is 17.6 Å². The number of ether oxygens (including phenoxy) is 1. The maximum atomic E-state index is 9.86. The molecule has 146 valence electrons. The molecular weight excluding hydrogens is 407 g/mol. The molecule has 4 rings (SSSR count). The summed E-state index contributed by atoms with van der Waals surface area (Å²) in [5.74, 6) is -0.0396. The summed E-state index contributed by atoms with van der Waals surface area (Å²) in [6.07, 6.45) is 1.59. The molecule has 1 aliphatic rings. The normalized spacial score (nSPS) is 15.6. The van der Waals surface area contributed by atoms with E-state index >= 15 is 0 Å². The molecule has 0 saturated heterocycles. The Balaban J connectivity index is 2.04. The summed E-state index contributed by atoms with van der Waals surface area (Å²) >= 11 is 13.1. The zero-order valence-electron chi connectivity index (χ0n) is 15.7. The monoisotopic (exact) mass is 424 g/mol. The lowest BCUT2D eigenvalue weighted by atomic mass is 9.83. The number of allylic oxidation sites excluding steroid dienone is 1. The summed E-state index contributed by atoms with van der Waals surface area (Å²) in [4.78, 5) is 0. The lowest BCUT2D eigenvalue weighted by Crippen LogP contribution is -2.22. The van der Waals surface area contributed by atoms with Crippen LogP contribution in [0.2, 0.25) is 10.0 Å². The molecule has 0 aliphatic carbocycles. The number of hydrogen-bond donors (Lipinski definition) is 1. The molecule has 7 heteroatoms. The molecule has 5 nitrogen and oxygen atoms in total. The van der Waals surface area contributed by atoms with Crippen LogP contribution >= 0.6 is 23.2 Å². The number of rotatable bonds is 4. The molecule has 2 aromatic carbocycles. The Morgan fingerprint density at radius 2 is 1.79 bits per heavy atom. The van der Waals surface area contributed by atoms with Crippen LogP contribution in [0.25, 0.3) is 5.69 Å². The number of para-hydroxylation sites is 1. The average Bonchev–Trinajstić information content (AvgIpc) is 3.06. The van der Waals surface area contributed by atoms with E-state index in [0.29, 0.717) is 27.9 Å². The summed E-state index contributed by atoms with van der Waals surface area (Å²) in [6, 6.07) is 17.1. The van der Waals surface area contributed by atoms with Gasteiger partial charge in [-0.1, -0.05) is 60.8 Å². The van der Waals surface area contributed by atoms with Gasteiger partial charge in [0.1, 0.15) is 11.6 Å². The number of nitriles is 1. The van der Waals surface area contributed by atoms with Crippen LogP contribution in [0.1, 0.15) is 36.1 Å². The Bertz CT molecular complexity index is 1130. The van der Waals surface area contributed by atoms with E-state index in [9.17, 15) is 5.26 Å². The number of benzene rings is 2. The first-order valence-electron chi connectivity index (χ1n) is 9.25. The predicted molar refractivity (Wildman–Crippen MR) is 113 cm³/mol. The second kappa shape index (κ2) is 7.82. The van der Waals surface area contributed by atoms with Crippen LogP contribution in [-0.4, -0.2) is 9.78 Å². The van der Waals surface area contributed by atoms with Crippen LogP contribution in [0.5, 0.6) is 5.88 Å². The molecule has 0 bridgehead atoms. The van der Waals surface area contributed by atoms with E-state index in [2.05, 4.69) is 13.0 Å². The number of hydrogen-bond acceptors (Lipinski definition) is 4. The number of aromatic nitrogens is 2. The molecule has 3 aromatic rings. The second-order valence-corrected chi connectivity index (χ2v) is 7.54. The summed E-state index contributed by atoms with van der Waals surface area (Å²) in [6.45, 7) is 2.07. The highest BCUT2D eigenvalue weighted by atomic mass is 35.5. The van der Waals surface area contributed by atoms with E-state index < -0.39 is 5.92 Å². The van der Waals surface area contributed by atoms with Crippen molar-refractivity contribution in [2.24, 2.45) is 5.73 Å². The zero-order chi connectivity index (χ0) is 20.5. The summed E-state index contributed by atoms with van der Waals surface area (Å²) in [7, 11) is 0. The van der Waals surface area contributed by atoms with Gasteiger partial charge in [0.2, 0.25) is 11.8 Å². The molecule has 0 unspecified atom stereocenters. The van der Waals surface area contributed by atoms with Gasteiger partial charge in [0.05, 0.1) is 22.9 Å². The number of fused-ring (bicyclic) bond motifs is 1. The Kier molecular flexibility index (Phi) is 5.23. The SMILES string of the molecule is CCCc1nn(-c2ccccc2)c2c1[C@H](c1c(Cl)cccc1Cl)C(C#N)=C(N)O2. The van der Waals surface area contributed by atoms with Crippen molar-refractivity contribution in [1.29, 1.82) is 5.26 Å². The largest absolute Gasteiger partial charge is 0.422 e. The standard InChI is InChI=1S/C22H18Cl2N4O/c1-2-7-17-20-18(19-15(23)10-6-11-16(19)24)14(12-25)21(26)29-22(20)28(27-17)13-8-4-3-5-9-13/h3-6,8-11,18H,2,7,26H2,1H3/t18-/m0/s1. The summed E-state index contributed by atoms with van der Waals surface area (Å²) in [5.41, 5.74) is 9.51. The quantitative estimate of drug-likeness (QED) is 0.611. The van der Waals surface area contributed by atoms with E-state index in [1.54, 1.807) is 22.9 Å². The Morgan fingerprint density at radius 3 is 2.41 bits per heavy atom. The minimum Gasteiger partial charge on any atom is -0.422 e. The van der Waals surface area contributed by atoms with Crippen molar-refractivity contribution >= 4 is 23.2 Å². The molecule has 29 heavy (non-hydrogen) atoms. The van der Waals surface area contributed by atoms with Gasteiger partial charge >= 0.3 is 0 Å². The van der Waals surface area contributed by atoms with Crippen LogP contribution in [-0.2, 0) is 6.42 Å². The van der Waals surface area contributed by atoms with Gasteiger partial charge in [-0.25, -0.2) is 4.68 Å². The zero-order valence-corrected chi connectivity index (χ0v) is 17.2. The van der Waals surface area contributed by atoms with Crippen molar-refractivity contribution in [3.05, 3.63) is 86.9 Å². The minimum atomic E-state index is -0.552. The van der Waals surface area contributed by atoms with Gasteiger partial charge in [0.25, 0.3) is 0 Å². The maximum absolute atomic E-state index is 9.86. The molecule has 0 amide bonds. The van der Waals surface area contributed by atoms with Crippen LogP contribution in [0.3, 0.4) is 0 Å². The van der Waals surface area contributed by atoms with E-state index in [4.69, 9.17) is 38.8 Å². The fourth-order valence-electron chi connectivity index (χ4n) is 3.65. The number of halogens is 2. The number of nitrogens with two attached hydrogens (primary N) is 1. The van der Waals surface area contributed by atoms with Gasteiger partial charge in [-0.3, -0.25) is 0 Å². The van der Waals surface area contributed by atoms with E-state index in [1.165, 1.54) is 0 Å². The molecule has 1 aromatic heterocycles. The van der Waals surface area contributed by atoms with Gasteiger partial charge in [-0.2, -0.15) is 10.4 Å². The molecule has 0 radical (unpaired) electrons. The molecule has 1 atom stereocenters. The lowest BCUT2D eigenvalue weighted by Gasteiger charge is -2.26. The van der Waals surface area contributed by atoms with Gasteiger partial charge in [0.15, 0.2) is 0 Å². The van der Waals surface area contributed by atoms with Gasteiger partial charge in [0, 0.05) is 15.6 Å². The molecule has 2 heterocycles. The third kappa shape index (κ3) is 3.25. The molecule has 0 fully saturated rings. The highest BCUT2D eigenvalue weighted by molar-refractivity contribution is 6.36. The smallest absolute Gasteiger partial charge is 0.229 e. The second-order valence-electron chi connectivity index (χ2n) is 6.72.